The van der Waals surface area contributed by atoms with Crippen molar-refractivity contribution in [1.29, 1.82) is 0 Å². The van der Waals surface area contributed by atoms with E-state index in [4.69, 9.17) is 5.21 Å². The molecule has 2 heteroatoms. The highest BCUT2D eigenvalue weighted by Crippen LogP contribution is 2.16. The summed E-state index contributed by atoms with van der Waals surface area (Å²) >= 11 is 0. The molecule has 0 heterocycles. The van der Waals surface area contributed by atoms with Crippen LogP contribution in [-0.4, -0.2) is 10.7 Å². The number of hydroxylamine groups is 1. The average molecular weight is 286 g/mol. The first kappa shape index (κ1) is 19.9. The second-order valence-corrected chi connectivity index (χ2v) is 6.99. The lowest BCUT2D eigenvalue weighted by atomic mass is 9.97. The minimum Gasteiger partial charge on any atom is -0.316 e. The summed E-state index contributed by atoms with van der Waals surface area (Å²) in [6.07, 6.45) is 19.2. The van der Waals surface area contributed by atoms with E-state index in [9.17, 15) is 0 Å². The summed E-state index contributed by atoms with van der Waals surface area (Å²) in [5.74, 6) is 0. The van der Waals surface area contributed by atoms with Gasteiger partial charge in [-0.05, 0) is 20.3 Å². The topological polar surface area (TPSA) is 32.3 Å². The molecule has 0 saturated heterocycles. The van der Waals surface area contributed by atoms with Crippen molar-refractivity contribution in [3.8, 4) is 0 Å². The maximum Gasteiger partial charge on any atom is 0.0373 e. The molecule has 0 rings (SSSR count). The molecule has 0 aromatic rings. The summed E-state index contributed by atoms with van der Waals surface area (Å²) < 4.78 is 0. The molecule has 0 radical (unpaired) electrons. The van der Waals surface area contributed by atoms with Crippen molar-refractivity contribution in [1.82, 2.24) is 5.48 Å². The van der Waals surface area contributed by atoms with Gasteiger partial charge in [0, 0.05) is 5.54 Å². The predicted octanol–water partition coefficient (Wildman–Crippen LogP) is 6.23. The minimum atomic E-state index is -0.113. The molecule has 2 nitrogen and oxygen atoms in total. The first-order valence-electron chi connectivity index (χ1n) is 9.03. The molecule has 0 aliphatic carbocycles. The number of unbranched alkanes of at least 4 members (excludes halogenated alkanes) is 12. The quantitative estimate of drug-likeness (QED) is 0.276. The number of hydrogen-bond acceptors (Lipinski definition) is 2. The lowest BCUT2D eigenvalue weighted by Gasteiger charge is -2.21. The summed E-state index contributed by atoms with van der Waals surface area (Å²) in [4.78, 5) is 0. The third-order valence-electron chi connectivity index (χ3n) is 4.21. The van der Waals surface area contributed by atoms with Crippen LogP contribution in [0.1, 0.15) is 111 Å². The second-order valence-electron chi connectivity index (χ2n) is 6.99. The highest BCUT2D eigenvalue weighted by Gasteiger charge is 2.14. The summed E-state index contributed by atoms with van der Waals surface area (Å²) in [6, 6.07) is 0. The molecule has 0 aliphatic rings. The summed E-state index contributed by atoms with van der Waals surface area (Å²) in [6.45, 7) is 6.38. The van der Waals surface area contributed by atoms with Gasteiger partial charge in [-0.15, -0.1) is 0 Å². The van der Waals surface area contributed by atoms with E-state index in [1.165, 1.54) is 83.5 Å². The van der Waals surface area contributed by atoms with E-state index in [0.717, 1.165) is 6.42 Å². The van der Waals surface area contributed by atoms with E-state index in [2.05, 4.69) is 12.4 Å². The Labute approximate surface area is 127 Å². The highest BCUT2D eigenvalue weighted by molar-refractivity contribution is 4.72. The van der Waals surface area contributed by atoms with Gasteiger partial charge >= 0.3 is 0 Å². The molecule has 0 atom stereocenters. The molecule has 0 aromatic heterocycles. The third kappa shape index (κ3) is 14.3. The lowest BCUT2D eigenvalue weighted by molar-refractivity contribution is 0.0749. The Bertz CT molecular complexity index is 192. The molecule has 0 aliphatic heterocycles. The maximum atomic E-state index is 8.94. The molecule has 0 unspecified atom stereocenters. The van der Waals surface area contributed by atoms with Crippen LogP contribution in [0.3, 0.4) is 0 Å². The van der Waals surface area contributed by atoms with Gasteiger partial charge in [0.15, 0.2) is 0 Å². The van der Waals surface area contributed by atoms with Crippen molar-refractivity contribution in [2.24, 2.45) is 0 Å². The molecule has 0 fully saturated rings. The van der Waals surface area contributed by atoms with Crippen molar-refractivity contribution in [3.05, 3.63) is 0 Å². The van der Waals surface area contributed by atoms with Crippen LogP contribution in [0, 0.1) is 0 Å². The van der Waals surface area contributed by atoms with Gasteiger partial charge in [0.25, 0.3) is 0 Å². The smallest absolute Gasteiger partial charge is 0.0373 e. The van der Waals surface area contributed by atoms with E-state index in [1.807, 2.05) is 13.8 Å². The molecule has 122 valence electrons. The normalized spacial score (nSPS) is 12.0. The molecule has 0 amide bonds. The monoisotopic (exact) mass is 285 g/mol. The Morgan fingerprint density at radius 3 is 1.35 bits per heavy atom. The lowest BCUT2D eigenvalue weighted by Crippen LogP contribution is -2.36. The molecule has 0 aromatic carbocycles. The second kappa shape index (κ2) is 13.9. The van der Waals surface area contributed by atoms with Crippen molar-refractivity contribution in [2.45, 2.75) is 116 Å². The number of hydrogen-bond donors (Lipinski definition) is 2. The summed E-state index contributed by atoms with van der Waals surface area (Å²) in [5, 5.41) is 8.94. The van der Waals surface area contributed by atoms with Crippen molar-refractivity contribution in [2.75, 3.05) is 0 Å². The molecule has 20 heavy (non-hydrogen) atoms. The van der Waals surface area contributed by atoms with Crippen LogP contribution in [0.4, 0.5) is 0 Å². The van der Waals surface area contributed by atoms with Crippen LogP contribution in [0.5, 0.6) is 0 Å². The maximum absolute atomic E-state index is 8.94. The van der Waals surface area contributed by atoms with Gasteiger partial charge in [-0.1, -0.05) is 90.4 Å². The zero-order valence-electron chi connectivity index (χ0n) is 14.3. The van der Waals surface area contributed by atoms with Crippen molar-refractivity contribution in [3.63, 3.8) is 0 Å². The van der Waals surface area contributed by atoms with Crippen LogP contribution in [0.25, 0.3) is 0 Å². The van der Waals surface area contributed by atoms with Gasteiger partial charge in [0.1, 0.15) is 0 Å². The summed E-state index contributed by atoms with van der Waals surface area (Å²) in [7, 11) is 0. The van der Waals surface area contributed by atoms with Gasteiger partial charge in [-0.2, -0.15) is 0 Å². The van der Waals surface area contributed by atoms with E-state index in [-0.39, 0.29) is 5.54 Å². The van der Waals surface area contributed by atoms with Crippen molar-refractivity contribution >= 4 is 0 Å². The minimum absolute atomic E-state index is 0.113. The predicted molar refractivity (Wildman–Crippen MR) is 89.3 cm³/mol. The van der Waals surface area contributed by atoms with Crippen molar-refractivity contribution < 1.29 is 5.21 Å². The number of nitrogens with one attached hydrogen (secondary N) is 1. The zero-order valence-corrected chi connectivity index (χ0v) is 14.3. The Balaban J connectivity index is 3.06. The van der Waals surface area contributed by atoms with Crippen LogP contribution >= 0.6 is 0 Å². The van der Waals surface area contributed by atoms with Gasteiger partial charge < -0.3 is 5.21 Å². The van der Waals surface area contributed by atoms with Crippen LogP contribution in [0.15, 0.2) is 0 Å². The fraction of sp³-hybridized carbons (Fsp3) is 1.00. The van der Waals surface area contributed by atoms with Gasteiger partial charge in [0.05, 0.1) is 0 Å². The molecule has 0 saturated carbocycles. The molecular weight excluding hydrogens is 246 g/mol. The zero-order chi connectivity index (χ0) is 15.1. The Hall–Kier alpha value is -0.0800. The summed E-state index contributed by atoms with van der Waals surface area (Å²) in [5.41, 5.74) is 2.27. The molecule has 2 N–H and O–H groups in total. The average Bonchev–Trinajstić information content (AvgIpc) is 2.44. The first-order valence-corrected chi connectivity index (χ1v) is 9.03. The van der Waals surface area contributed by atoms with E-state index in [1.54, 1.807) is 0 Å². The Morgan fingerprint density at radius 2 is 1.00 bits per heavy atom. The van der Waals surface area contributed by atoms with Crippen LogP contribution in [0.2, 0.25) is 0 Å². The van der Waals surface area contributed by atoms with Gasteiger partial charge in [0.2, 0.25) is 0 Å². The highest BCUT2D eigenvalue weighted by atomic mass is 16.5. The van der Waals surface area contributed by atoms with Gasteiger partial charge in [-0.25, -0.2) is 5.48 Å². The van der Waals surface area contributed by atoms with Crippen LogP contribution in [-0.2, 0) is 0 Å². The standard InChI is InChI=1S/C18H39NO/c1-4-5-6-7-8-9-10-11-12-13-14-15-16-17-18(2,3)19-20/h19-20H,4-17H2,1-3H3. The number of rotatable bonds is 15. The Morgan fingerprint density at radius 1 is 0.650 bits per heavy atom. The molecule has 0 spiro atoms. The largest absolute Gasteiger partial charge is 0.316 e. The van der Waals surface area contributed by atoms with Gasteiger partial charge in [-0.3, -0.25) is 0 Å². The fourth-order valence-electron chi connectivity index (χ4n) is 2.64. The van der Waals surface area contributed by atoms with E-state index in [0.29, 0.717) is 0 Å². The van der Waals surface area contributed by atoms with Crippen LogP contribution < -0.4 is 5.48 Å². The SMILES string of the molecule is CCCCCCCCCCCCCCCC(C)(C)NO. The first-order chi connectivity index (χ1) is 9.62. The molecule has 0 bridgehead atoms. The van der Waals surface area contributed by atoms with E-state index < -0.39 is 0 Å². The van der Waals surface area contributed by atoms with E-state index >= 15 is 0 Å². The third-order valence-corrected chi connectivity index (χ3v) is 4.21. The molecular formula is C18H39NO. The Kier molecular flexibility index (Phi) is 13.8. The fourth-order valence-corrected chi connectivity index (χ4v) is 2.64.